The maximum Gasteiger partial charge on any atom is 0.143 e. The highest BCUT2D eigenvalue weighted by Crippen LogP contribution is 2.11. The lowest BCUT2D eigenvalue weighted by molar-refractivity contribution is -0.131. The molecule has 4 nitrogen and oxygen atoms in total. The predicted molar refractivity (Wildman–Crippen MR) is 69.2 cm³/mol. The van der Waals surface area contributed by atoms with E-state index in [4.69, 9.17) is 5.11 Å². The molecule has 0 aliphatic heterocycles. The van der Waals surface area contributed by atoms with Crippen molar-refractivity contribution in [1.29, 1.82) is 0 Å². The average Bonchev–Trinajstić information content (AvgIpc) is 2.23. The molecule has 0 fully saturated rings. The molecule has 0 saturated carbocycles. The van der Waals surface area contributed by atoms with Gasteiger partial charge in [0.15, 0.2) is 0 Å². The summed E-state index contributed by atoms with van der Waals surface area (Å²) in [4.78, 5) is 33.9. The molecule has 4 heteroatoms. The second kappa shape index (κ2) is 8.97. The molecule has 0 aliphatic rings. The first-order valence-corrected chi connectivity index (χ1v) is 6.54. The minimum Gasteiger partial charge on any atom is -0.393 e. The molecule has 0 amide bonds. The SMILES string of the molecule is CC(=O)CC(=O)C(C)CC(=O)CCCCC(C)O. The van der Waals surface area contributed by atoms with E-state index in [-0.39, 0.29) is 42.2 Å². The standard InChI is InChI=1S/C14H24O4/c1-10(14(18)9-12(3)16)8-13(17)7-5-4-6-11(2)15/h10-11,15H,4-9H2,1-3H3. The summed E-state index contributed by atoms with van der Waals surface area (Å²) < 4.78 is 0. The number of rotatable bonds is 10. The van der Waals surface area contributed by atoms with Crippen LogP contribution in [0.5, 0.6) is 0 Å². The van der Waals surface area contributed by atoms with Gasteiger partial charge in [-0.2, -0.15) is 0 Å². The fourth-order valence-electron chi connectivity index (χ4n) is 1.74. The third kappa shape index (κ3) is 9.05. The fourth-order valence-corrected chi connectivity index (χ4v) is 1.74. The van der Waals surface area contributed by atoms with Crippen molar-refractivity contribution >= 4 is 17.3 Å². The summed E-state index contributed by atoms with van der Waals surface area (Å²) in [5.41, 5.74) is 0. The first-order valence-electron chi connectivity index (χ1n) is 6.54. The van der Waals surface area contributed by atoms with E-state index in [0.717, 1.165) is 12.8 Å². The van der Waals surface area contributed by atoms with Crippen LogP contribution in [-0.2, 0) is 14.4 Å². The quantitative estimate of drug-likeness (QED) is 0.480. The molecule has 0 rings (SSSR count). The van der Waals surface area contributed by atoms with Crippen molar-refractivity contribution in [3.05, 3.63) is 0 Å². The first-order chi connectivity index (χ1) is 8.32. The molecule has 0 radical (unpaired) electrons. The van der Waals surface area contributed by atoms with Crippen LogP contribution in [-0.4, -0.2) is 28.6 Å². The maximum absolute atomic E-state index is 11.6. The molecule has 104 valence electrons. The van der Waals surface area contributed by atoms with Gasteiger partial charge in [0.1, 0.15) is 17.3 Å². The van der Waals surface area contributed by atoms with Gasteiger partial charge in [0.2, 0.25) is 0 Å². The van der Waals surface area contributed by atoms with Crippen LogP contribution in [0.15, 0.2) is 0 Å². The molecule has 0 spiro atoms. The average molecular weight is 256 g/mol. The van der Waals surface area contributed by atoms with Crippen LogP contribution >= 0.6 is 0 Å². The zero-order chi connectivity index (χ0) is 14.1. The number of hydrogen-bond acceptors (Lipinski definition) is 4. The van der Waals surface area contributed by atoms with Crippen molar-refractivity contribution in [3.63, 3.8) is 0 Å². The minimum absolute atomic E-state index is 0.0602. The highest BCUT2D eigenvalue weighted by Gasteiger charge is 2.17. The highest BCUT2D eigenvalue weighted by molar-refractivity contribution is 6.00. The fraction of sp³-hybridized carbons (Fsp3) is 0.786. The number of aliphatic hydroxyl groups excluding tert-OH is 1. The van der Waals surface area contributed by atoms with Crippen LogP contribution < -0.4 is 0 Å². The monoisotopic (exact) mass is 256 g/mol. The van der Waals surface area contributed by atoms with Crippen molar-refractivity contribution in [3.8, 4) is 0 Å². The summed E-state index contributed by atoms with van der Waals surface area (Å²) in [6.07, 6.45) is 2.54. The molecular formula is C14H24O4. The molecule has 2 unspecified atom stereocenters. The zero-order valence-corrected chi connectivity index (χ0v) is 11.6. The molecular weight excluding hydrogens is 232 g/mol. The molecule has 18 heavy (non-hydrogen) atoms. The number of aliphatic hydroxyl groups is 1. The van der Waals surface area contributed by atoms with Crippen LogP contribution in [0.25, 0.3) is 0 Å². The lowest BCUT2D eigenvalue weighted by Crippen LogP contribution is -2.17. The van der Waals surface area contributed by atoms with Crippen molar-refractivity contribution in [2.24, 2.45) is 5.92 Å². The molecule has 1 N–H and O–H groups in total. The Bertz CT molecular complexity index is 294. The molecule has 0 aromatic carbocycles. The maximum atomic E-state index is 11.6. The Balaban J connectivity index is 3.80. The van der Waals surface area contributed by atoms with Crippen molar-refractivity contribution in [1.82, 2.24) is 0 Å². The molecule has 0 bridgehead atoms. The zero-order valence-electron chi connectivity index (χ0n) is 11.6. The molecule has 0 aromatic rings. The summed E-state index contributed by atoms with van der Waals surface area (Å²) in [7, 11) is 0. The topological polar surface area (TPSA) is 71.4 Å². The third-order valence-corrected chi connectivity index (χ3v) is 2.83. The van der Waals surface area contributed by atoms with Crippen molar-refractivity contribution < 1.29 is 19.5 Å². The Morgan fingerprint density at radius 1 is 1.11 bits per heavy atom. The van der Waals surface area contributed by atoms with Gasteiger partial charge in [0, 0.05) is 18.8 Å². The van der Waals surface area contributed by atoms with E-state index in [0.29, 0.717) is 12.8 Å². The largest absolute Gasteiger partial charge is 0.393 e. The molecule has 0 aliphatic carbocycles. The van der Waals surface area contributed by atoms with E-state index in [1.54, 1.807) is 13.8 Å². The van der Waals surface area contributed by atoms with E-state index in [1.165, 1.54) is 6.92 Å². The van der Waals surface area contributed by atoms with Gasteiger partial charge in [0.05, 0.1) is 12.5 Å². The highest BCUT2D eigenvalue weighted by atomic mass is 16.3. The summed E-state index contributed by atoms with van der Waals surface area (Å²) in [5, 5.41) is 9.06. The van der Waals surface area contributed by atoms with E-state index in [1.807, 2.05) is 0 Å². The van der Waals surface area contributed by atoms with Gasteiger partial charge in [-0.25, -0.2) is 0 Å². The van der Waals surface area contributed by atoms with Crippen LogP contribution in [0, 0.1) is 5.92 Å². The van der Waals surface area contributed by atoms with Gasteiger partial charge < -0.3 is 5.11 Å². The Labute approximate surface area is 109 Å². The van der Waals surface area contributed by atoms with Gasteiger partial charge in [-0.05, 0) is 26.7 Å². The smallest absolute Gasteiger partial charge is 0.143 e. The Kier molecular flexibility index (Phi) is 8.46. The van der Waals surface area contributed by atoms with Crippen LogP contribution in [0.2, 0.25) is 0 Å². The normalized spacial score (nSPS) is 14.0. The van der Waals surface area contributed by atoms with Gasteiger partial charge in [0.25, 0.3) is 0 Å². The summed E-state index contributed by atoms with van der Waals surface area (Å²) in [6.45, 7) is 4.80. The molecule has 0 aromatic heterocycles. The summed E-state index contributed by atoms with van der Waals surface area (Å²) >= 11 is 0. The van der Waals surface area contributed by atoms with E-state index in [9.17, 15) is 14.4 Å². The Morgan fingerprint density at radius 2 is 1.72 bits per heavy atom. The third-order valence-electron chi connectivity index (χ3n) is 2.83. The Hall–Kier alpha value is -1.03. The summed E-state index contributed by atoms with van der Waals surface area (Å²) in [6, 6.07) is 0. The van der Waals surface area contributed by atoms with Crippen molar-refractivity contribution in [2.45, 2.75) is 65.4 Å². The van der Waals surface area contributed by atoms with Gasteiger partial charge >= 0.3 is 0 Å². The van der Waals surface area contributed by atoms with E-state index < -0.39 is 0 Å². The van der Waals surface area contributed by atoms with Crippen LogP contribution in [0.3, 0.4) is 0 Å². The van der Waals surface area contributed by atoms with Gasteiger partial charge in [-0.3, -0.25) is 14.4 Å². The van der Waals surface area contributed by atoms with Gasteiger partial charge in [-0.15, -0.1) is 0 Å². The van der Waals surface area contributed by atoms with Crippen molar-refractivity contribution in [2.75, 3.05) is 0 Å². The predicted octanol–water partition coefficient (Wildman–Crippen LogP) is 2.07. The second-order valence-electron chi connectivity index (χ2n) is 5.08. The van der Waals surface area contributed by atoms with E-state index in [2.05, 4.69) is 0 Å². The minimum atomic E-state index is -0.363. The molecule has 2 atom stereocenters. The van der Waals surface area contributed by atoms with Crippen LogP contribution in [0.4, 0.5) is 0 Å². The number of carbonyl (C=O) groups excluding carboxylic acids is 3. The first kappa shape index (κ1) is 17.0. The van der Waals surface area contributed by atoms with Gasteiger partial charge in [-0.1, -0.05) is 13.3 Å². The Morgan fingerprint density at radius 3 is 2.22 bits per heavy atom. The lowest BCUT2D eigenvalue weighted by Gasteiger charge is -2.08. The number of unbranched alkanes of at least 4 members (excludes halogenated alkanes) is 1. The van der Waals surface area contributed by atoms with E-state index >= 15 is 0 Å². The number of hydrogen-bond donors (Lipinski definition) is 1. The number of carbonyl (C=O) groups is 3. The molecule has 0 heterocycles. The summed E-state index contributed by atoms with van der Waals surface area (Å²) in [5.74, 6) is -0.612. The lowest BCUT2D eigenvalue weighted by atomic mass is 9.94. The number of Topliss-reactive ketones (excluding diaryl/α,β-unsaturated/α-hetero) is 3. The molecule has 0 saturated heterocycles. The second-order valence-corrected chi connectivity index (χ2v) is 5.08. The van der Waals surface area contributed by atoms with Crippen LogP contribution in [0.1, 0.15) is 59.3 Å². The number of ketones is 3.